The number of hydrogen-bond acceptors (Lipinski definition) is 4. The average Bonchev–Trinajstić information content (AvgIpc) is 3.21. The summed E-state index contributed by atoms with van der Waals surface area (Å²) in [5, 5.41) is 2.14. The smallest absolute Gasteiger partial charge is 0.259 e. The maximum Gasteiger partial charge on any atom is 0.259 e. The maximum atomic E-state index is 14.0. The van der Waals surface area contributed by atoms with Crippen LogP contribution in [0.4, 0.5) is 0 Å². The Hall–Kier alpha value is -3.57. The Kier molecular flexibility index (Phi) is 7.06. The number of rotatable bonds is 7. The summed E-state index contributed by atoms with van der Waals surface area (Å²) in [5.41, 5.74) is 2.79. The summed E-state index contributed by atoms with van der Waals surface area (Å²) >= 11 is 6.38. The van der Waals surface area contributed by atoms with Crippen LogP contribution in [0.15, 0.2) is 88.6 Å². The fourth-order valence-electron chi connectivity index (χ4n) is 5.46. The van der Waals surface area contributed by atoms with Gasteiger partial charge in [-0.2, -0.15) is 0 Å². The molecule has 0 amide bonds. The average molecular weight is 528 g/mol. The molecule has 5 nitrogen and oxygen atoms in total. The fourth-order valence-corrected chi connectivity index (χ4v) is 5.64. The lowest BCUT2D eigenvalue weighted by Gasteiger charge is -2.36. The summed E-state index contributed by atoms with van der Waals surface area (Å²) in [4.78, 5) is 21.5. The first-order valence-electron chi connectivity index (χ1n) is 13.0. The number of halogens is 1. The number of nitrogens with zero attached hydrogens (tertiary/aromatic N) is 3. The number of hydrogen-bond donors (Lipinski definition) is 0. The molecular formula is C32H34ClN3O2. The lowest BCUT2D eigenvalue weighted by molar-refractivity contribution is 0.231. The summed E-state index contributed by atoms with van der Waals surface area (Å²) in [5.74, 6) is 1.94. The van der Waals surface area contributed by atoms with Crippen LogP contribution in [0.5, 0.6) is 5.75 Å². The van der Waals surface area contributed by atoms with Crippen molar-refractivity contribution in [3.8, 4) is 5.75 Å². The summed E-state index contributed by atoms with van der Waals surface area (Å²) in [7, 11) is 1.67. The number of amidine groups is 1. The molecule has 196 valence electrons. The van der Waals surface area contributed by atoms with E-state index in [1.807, 2.05) is 47.0 Å². The van der Waals surface area contributed by atoms with Gasteiger partial charge in [0.25, 0.3) is 5.56 Å². The zero-order chi connectivity index (χ0) is 27.0. The normalized spacial score (nSPS) is 15.7. The quantitative estimate of drug-likeness (QED) is 0.261. The van der Waals surface area contributed by atoms with Gasteiger partial charge in [-0.1, -0.05) is 55.8 Å². The Labute approximate surface area is 229 Å². The van der Waals surface area contributed by atoms with Crippen LogP contribution in [0, 0.1) is 5.92 Å². The fraction of sp³-hybridized carbons (Fsp3) is 0.312. The second kappa shape index (κ2) is 10.3. The third-order valence-electron chi connectivity index (χ3n) is 7.14. The van der Waals surface area contributed by atoms with Crippen molar-refractivity contribution >= 4 is 28.2 Å². The molecule has 1 atom stereocenters. The number of ether oxygens (including phenoxy) is 1. The van der Waals surface area contributed by atoms with Crippen molar-refractivity contribution < 1.29 is 4.74 Å². The van der Waals surface area contributed by atoms with Gasteiger partial charge in [-0.3, -0.25) is 9.79 Å². The zero-order valence-electron chi connectivity index (χ0n) is 22.6. The van der Waals surface area contributed by atoms with E-state index >= 15 is 0 Å². The minimum atomic E-state index is -0.271. The van der Waals surface area contributed by atoms with Gasteiger partial charge < -0.3 is 14.2 Å². The predicted molar refractivity (Wildman–Crippen MR) is 157 cm³/mol. The largest absolute Gasteiger partial charge is 0.497 e. The van der Waals surface area contributed by atoms with Gasteiger partial charge >= 0.3 is 0 Å². The first kappa shape index (κ1) is 26.1. The van der Waals surface area contributed by atoms with Gasteiger partial charge in [0.1, 0.15) is 11.6 Å². The molecule has 0 spiro atoms. The molecule has 6 heteroatoms. The molecule has 3 aromatic carbocycles. The molecule has 0 radical (unpaired) electrons. The molecule has 0 bridgehead atoms. The molecule has 0 saturated heterocycles. The number of aromatic nitrogens is 1. The maximum absolute atomic E-state index is 14.0. The van der Waals surface area contributed by atoms with Gasteiger partial charge in [-0.25, -0.2) is 0 Å². The molecule has 5 rings (SSSR count). The van der Waals surface area contributed by atoms with Crippen molar-refractivity contribution in [1.29, 1.82) is 0 Å². The molecule has 1 aromatic heterocycles. The summed E-state index contributed by atoms with van der Waals surface area (Å²) in [6.07, 6.45) is 0. The van der Waals surface area contributed by atoms with E-state index in [0.717, 1.165) is 40.3 Å². The molecule has 0 fully saturated rings. The van der Waals surface area contributed by atoms with Gasteiger partial charge in [0.15, 0.2) is 0 Å². The zero-order valence-corrected chi connectivity index (χ0v) is 23.4. The molecule has 1 aliphatic rings. The van der Waals surface area contributed by atoms with Gasteiger partial charge in [0.2, 0.25) is 0 Å². The summed E-state index contributed by atoms with van der Waals surface area (Å²) in [6, 6.07) is 25.8. The molecule has 38 heavy (non-hydrogen) atoms. The van der Waals surface area contributed by atoms with E-state index in [9.17, 15) is 4.79 Å². The van der Waals surface area contributed by atoms with Crippen LogP contribution in [0.2, 0.25) is 5.02 Å². The molecule has 2 heterocycles. The van der Waals surface area contributed by atoms with E-state index in [2.05, 4.69) is 62.9 Å². The molecule has 0 N–H and O–H groups in total. The molecule has 0 saturated carbocycles. The van der Waals surface area contributed by atoms with Crippen LogP contribution in [-0.2, 0) is 6.54 Å². The third-order valence-corrected chi connectivity index (χ3v) is 7.38. The molecule has 4 aromatic rings. The monoisotopic (exact) mass is 527 g/mol. The summed E-state index contributed by atoms with van der Waals surface area (Å²) in [6.45, 7) is 9.96. The van der Waals surface area contributed by atoms with Crippen LogP contribution in [0.1, 0.15) is 50.6 Å². The SMILES string of the molecule is COc1ccc(C2=NC(C)(C)CN2C(c2cc3cc(Cl)ccc3c(=O)n2Cc2ccccc2)C(C)C)cc1. The van der Waals surface area contributed by atoms with E-state index in [0.29, 0.717) is 17.0 Å². The first-order chi connectivity index (χ1) is 18.2. The number of fused-ring (bicyclic) bond motifs is 1. The van der Waals surface area contributed by atoms with E-state index < -0.39 is 0 Å². The lowest BCUT2D eigenvalue weighted by Crippen LogP contribution is -2.41. The van der Waals surface area contributed by atoms with Crippen LogP contribution < -0.4 is 10.3 Å². The van der Waals surface area contributed by atoms with Crippen LogP contribution >= 0.6 is 11.6 Å². The number of aliphatic imine (C=N–C) groups is 1. The topological polar surface area (TPSA) is 46.8 Å². The van der Waals surface area contributed by atoms with Crippen LogP contribution in [0.25, 0.3) is 10.8 Å². The number of methoxy groups -OCH3 is 1. The minimum Gasteiger partial charge on any atom is -0.497 e. The third kappa shape index (κ3) is 5.08. The van der Waals surface area contributed by atoms with Crippen molar-refractivity contribution in [2.24, 2.45) is 10.9 Å². The highest BCUT2D eigenvalue weighted by molar-refractivity contribution is 6.31. The first-order valence-corrected chi connectivity index (χ1v) is 13.4. The highest BCUT2D eigenvalue weighted by Gasteiger charge is 2.39. The van der Waals surface area contributed by atoms with E-state index in [1.54, 1.807) is 13.2 Å². The van der Waals surface area contributed by atoms with Gasteiger partial charge in [-0.15, -0.1) is 0 Å². The second-order valence-corrected chi connectivity index (χ2v) is 11.4. The molecule has 1 aliphatic heterocycles. The standard InChI is InChI=1S/C32H34ClN3O2/c1-21(2)29(36-20-32(3,4)34-30(36)23-11-14-26(38-5)15-12-23)28-18-24-17-25(33)13-16-27(24)31(37)35(28)19-22-9-7-6-8-10-22/h6-18,21,29H,19-20H2,1-5H3. The Morgan fingerprint density at radius 1 is 1.00 bits per heavy atom. The minimum absolute atomic E-state index is 0.00920. The van der Waals surface area contributed by atoms with Crippen molar-refractivity contribution in [1.82, 2.24) is 9.47 Å². The van der Waals surface area contributed by atoms with E-state index in [1.165, 1.54) is 0 Å². The summed E-state index contributed by atoms with van der Waals surface area (Å²) < 4.78 is 7.33. The Morgan fingerprint density at radius 2 is 1.71 bits per heavy atom. The van der Waals surface area contributed by atoms with Crippen molar-refractivity contribution in [3.05, 3.63) is 111 Å². The highest BCUT2D eigenvalue weighted by atomic mass is 35.5. The van der Waals surface area contributed by atoms with Crippen molar-refractivity contribution in [2.45, 2.75) is 45.8 Å². The molecular weight excluding hydrogens is 494 g/mol. The Bertz CT molecular complexity index is 1540. The van der Waals surface area contributed by atoms with Gasteiger partial charge in [-0.05, 0) is 79.2 Å². The van der Waals surface area contributed by atoms with Crippen molar-refractivity contribution in [2.75, 3.05) is 13.7 Å². The van der Waals surface area contributed by atoms with Gasteiger partial charge in [0, 0.05) is 28.2 Å². The molecule has 1 unspecified atom stereocenters. The van der Waals surface area contributed by atoms with E-state index in [4.69, 9.17) is 21.3 Å². The lowest BCUT2D eigenvalue weighted by atomic mass is 9.94. The van der Waals surface area contributed by atoms with Crippen LogP contribution in [0.3, 0.4) is 0 Å². The molecule has 0 aliphatic carbocycles. The predicted octanol–water partition coefficient (Wildman–Crippen LogP) is 6.95. The Balaban J connectivity index is 1.70. The van der Waals surface area contributed by atoms with E-state index in [-0.39, 0.29) is 23.1 Å². The highest BCUT2D eigenvalue weighted by Crippen LogP contribution is 2.37. The van der Waals surface area contributed by atoms with Crippen LogP contribution in [-0.4, -0.2) is 34.5 Å². The second-order valence-electron chi connectivity index (χ2n) is 11.0. The van der Waals surface area contributed by atoms with Crippen molar-refractivity contribution in [3.63, 3.8) is 0 Å². The number of benzene rings is 3. The Morgan fingerprint density at radius 3 is 2.37 bits per heavy atom. The number of pyridine rings is 1. The van der Waals surface area contributed by atoms with Gasteiger partial charge in [0.05, 0.1) is 25.2 Å².